The van der Waals surface area contributed by atoms with Gasteiger partial charge >= 0.3 is 0 Å². The van der Waals surface area contributed by atoms with Gasteiger partial charge in [-0.3, -0.25) is 0 Å². The Morgan fingerprint density at radius 1 is 1.08 bits per heavy atom. The number of morpholine rings is 1. The lowest BCUT2D eigenvalue weighted by Crippen LogP contribution is -2.40. The van der Waals surface area contributed by atoms with Crippen LogP contribution in [0.5, 0.6) is 11.5 Å². The summed E-state index contributed by atoms with van der Waals surface area (Å²) in [4.78, 5) is 4.53. The molecule has 1 saturated heterocycles. The Morgan fingerprint density at radius 2 is 1.88 bits per heavy atom. The van der Waals surface area contributed by atoms with E-state index in [0.717, 1.165) is 23.6 Å². The predicted molar refractivity (Wildman–Crippen MR) is 99.7 cm³/mol. The molecular formula is C19H20ClN3O3. The average molecular weight is 374 g/mol. The van der Waals surface area contributed by atoms with Gasteiger partial charge in [-0.15, -0.1) is 12.4 Å². The lowest BCUT2D eigenvalue weighted by atomic mass is 10.1. The summed E-state index contributed by atoms with van der Waals surface area (Å²) in [6.07, 6.45) is -0.00482. The summed E-state index contributed by atoms with van der Waals surface area (Å²) in [7, 11) is 0. The van der Waals surface area contributed by atoms with Crippen LogP contribution in [-0.2, 0) is 4.74 Å². The molecule has 6 nitrogen and oxygen atoms in total. The molecule has 0 spiro atoms. The molecule has 2 aromatic carbocycles. The van der Waals surface area contributed by atoms with Gasteiger partial charge in [0, 0.05) is 12.1 Å². The van der Waals surface area contributed by atoms with Crippen LogP contribution in [0.25, 0.3) is 11.4 Å². The Morgan fingerprint density at radius 3 is 2.69 bits per heavy atom. The normalized spacial score (nSPS) is 19.6. The first-order valence-electron chi connectivity index (χ1n) is 8.31. The van der Waals surface area contributed by atoms with Gasteiger partial charge in [-0.05, 0) is 31.2 Å². The number of benzene rings is 2. The third-order valence-corrected chi connectivity index (χ3v) is 4.10. The molecule has 2 heterocycles. The summed E-state index contributed by atoms with van der Waals surface area (Å²) in [5, 5.41) is 7.46. The van der Waals surface area contributed by atoms with Gasteiger partial charge in [-0.25, -0.2) is 0 Å². The van der Waals surface area contributed by atoms with Crippen molar-refractivity contribution in [1.82, 2.24) is 15.5 Å². The van der Waals surface area contributed by atoms with Crippen LogP contribution < -0.4 is 10.1 Å². The molecule has 1 aromatic heterocycles. The van der Waals surface area contributed by atoms with E-state index in [0.29, 0.717) is 18.3 Å². The fourth-order valence-corrected chi connectivity index (χ4v) is 2.81. The molecule has 1 fully saturated rings. The highest BCUT2D eigenvalue weighted by atomic mass is 35.5. The van der Waals surface area contributed by atoms with Crippen LogP contribution in [0.3, 0.4) is 0 Å². The van der Waals surface area contributed by atoms with Gasteiger partial charge in [0.25, 0.3) is 0 Å². The van der Waals surface area contributed by atoms with Crippen molar-refractivity contribution in [2.24, 2.45) is 0 Å². The van der Waals surface area contributed by atoms with Crippen molar-refractivity contribution >= 4 is 12.4 Å². The largest absolute Gasteiger partial charge is 0.457 e. The molecule has 0 aliphatic carbocycles. The lowest BCUT2D eigenvalue weighted by molar-refractivity contribution is -0.00136. The first kappa shape index (κ1) is 18.4. The van der Waals surface area contributed by atoms with E-state index in [4.69, 9.17) is 14.0 Å². The molecule has 2 atom stereocenters. The Hall–Kier alpha value is -2.41. The van der Waals surface area contributed by atoms with Crippen molar-refractivity contribution in [1.29, 1.82) is 0 Å². The van der Waals surface area contributed by atoms with E-state index in [2.05, 4.69) is 15.5 Å². The Bertz CT molecular complexity index is 841. The molecule has 3 aromatic rings. The first-order chi connectivity index (χ1) is 12.3. The molecule has 1 N–H and O–H groups in total. The smallest absolute Gasteiger partial charge is 0.246 e. The number of hydrogen-bond acceptors (Lipinski definition) is 6. The number of aromatic nitrogens is 2. The fraction of sp³-hybridized carbons (Fsp3) is 0.263. The van der Waals surface area contributed by atoms with Gasteiger partial charge in [0.15, 0.2) is 0 Å². The van der Waals surface area contributed by atoms with Crippen LogP contribution in [0.2, 0.25) is 0 Å². The van der Waals surface area contributed by atoms with Crippen LogP contribution in [0, 0.1) is 0 Å². The van der Waals surface area contributed by atoms with Crippen molar-refractivity contribution in [3.63, 3.8) is 0 Å². The maximum absolute atomic E-state index is 5.86. The van der Waals surface area contributed by atoms with E-state index in [1.807, 2.05) is 61.5 Å². The van der Waals surface area contributed by atoms with Crippen LogP contribution in [0.15, 0.2) is 59.1 Å². The van der Waals surface area contributed by atoms with Gasteiger partial charge in [0.05, 0.1) is 12.7 Å². The monoisotopic (exact) mass is 373 g/mol. The average Bonchev–Trinajstić information content (AvgIpc) is 3.13. The zero-order valence-electron chi connectivity index (χ0n) is 14.3. The number of halogens is 1. The molecule has 1 aliphatic heterocycles. The molecule has 0 saturated carbocycles. The van der Waals surface area contributed by atoms with Gasteiger partial charge in [0.2, 0.25) is 11.7 Å². The van der Waals surface area contributed by atoms with Gasteiger partial charge in [0.1, 0.15) is 17.5 Å². The highest BCUT2D eigenvalue weighted by Crippen LogP contribution is 2.27. The van der Waals surface area contributed by atoms with E-state index in [1.165, 1.54) is 0 Å². The molecule has 136 valence electrons. The number of nitrogens with one attached hydrogen (secondary N) is 1. The van der Waals surface area contributed by atoms with Crippen LogP contribution in [-0.4, -0.2) is 29.4 Å². The van der Waals surface area contributed by atoms with E-state index < -0.39 is 0 Å². The summed E-state index contributed by atoms with van der Waals surface area (Å²) in [6.45, 7) is 3.46. The standard InChI is InChI=1S/C19H19N3O3.ClH/c1-13-17(20-10-11-23-13)19-21-18(22-25-19)14-6-5-9-16(12-14)24-15-7-3-2-4-8-15;/h2-9,12-13,17,20H,10-11H2,1H3;1H/t13-,17+;/m1./s1. The van der Waals surface area contributed by atoms with Crippen LogP contribution >= 0.6 is 12.4 Å². The molecule has 0 bridgehead atoms. The second-order valence-electron chi connectivity index (χ2n) is 5.91. The van der Waals surface area contributed by atoms with Crippen molar-refractivity contribution < 1.29 is 14.0 Å². The Labute approximate surface area is 157 Å². The van der Waals surface area contributed by atoms with Gasteiger partial charge in [-0.2, -0.15) is 4.98 Å². The summed E-state index contributed by atoms with van der Waals surface area (Å²) in [5.41, 5.74) is 0.841. The number of hydrogen-bond donors (Lipinski definition) is 1. The minimum Gasteiger partial charge on any atom is -0.457 e. The van der Waals surface area contributed by atoms with E-state index >= 15 is 0 Å². The molecule has 7 heteroatoms. The molecular weight excluding hydrogens is 354 g/mol. The van der Waals surface area contributed by atoms with E-state index in [1.54, 1.807) is 0 Å². The minimum absolute atomic E-state index is 0. The molecule has 26 heavy (non-hydrogen) atoms. The minimum atomic E-state index is -0.0845. The highest BCUT2D eigenvalue weighted by Gasteiger charge is 2.28. The van der Waals surface area contributed by atoms with Crippen molar-refractivity contribution in [2.45, 2.75) is 19.1 Å². The van der Waals surface area contributed by atoms with Crippen molar-refractivity contribution in [3.05, 3.63) is 60.5 Å². The summed E-state index contributed by atoms with van der Waals surface area (Å²) >= 11 is 0. The quantitative estimate of drug-likeness (QED) is 0.745. The Kier molecular flexibility index (Phi) is 5.88. The predicted octanol–water partition coefficient (Wildman–Crippen LogP) is 4.00. The molecule has 0 amide bonds. The van der Waals surface area contributed by atoms with Gasteiger partial charge in [-0.1, -0.05) is 35.5 Å². The van der Waals surface area contributed by atoms with Crippen molar-refractivity contribution in [2.75, 3.05) is 13.2 Å². The molecule has 0 radical (unpaired) electrons. The summed E-state index contributed by atoms with van der Waals surface area (Å²) < 4.78 is 16.9. The fourth-order valence-electron chi connectivity index (χ4n) is 2.81. The SMILES string of the molecule is C[C@H]1OCCN[C@@H]1c1nc(-c2cccc(Oc3ccccc3)c2)no1.Cl. The first-order valence-corrected chi connectivity index (χ1v) is 8.31. The summed E-state index contributed by atoms with van der Waals surface area (Å²) in [5.74, 6) is 2.58. The maximum Gasteiger partial charge on any atom is 0.246 e. The van der Waals surface area contributed by atoms with Crippen molar-refractivity contribution in [3.8, 4) is 22.9 Å². The molecule has 0 unspecified atom stereocenters. The lowest BCUT2D eigenvalue weighted by Gasteiger charge is -2.27. The second kappa shape index (κ2) is 8.31. The van der Waals surface area contributed by atoms with E-state index in [-0.39, 0.29) is 24.6 Å². The number of ether oxygens (including phenoxy) is 2. The highest BCUT2D eigenvalue weighted by molar-refractivity contribution is 5.85. The molecule has 1 aliphatic rings. The molecule has 4 rings (SSSR count). The van der Waals surface area contributed by atoms with E-state index in [9.17, 15) is 0 Å². The third-order valence-electron chi connectivity index (χ3n) is 4.10. The Balaban J connectivity index is 0.00000196. The number of rotatable bonds is 4. The zero-order chi connectivity index (χ0) is 17.1. The zero-order valence-corrected chi connectivity index (χ0v) is 15.1. The topological polar surface area (TPSA) is 69.4 Å². The maximum atomic E-state index is 5.86. The number of para-hydroxylation sites is 1. The van der Waals surface area contributed by atoms with Crippen LogP contribution in [0.4, 0.5) is 0 Å². The van der Waals surface area contributed by atoms with Crippen LogP contribution in [0.1, 0.15) is 18.9 Å². The second-order valence-corrected chi connectivity index (χ2v) is 5.91. The number of nitrogens with zero attached hydrogens (tertiary/aromatic N) is 2. The van der Waals surface area contributed by atoms with Gasteiger partial charge < -0.3 is 19.3 Å². The summed E-state index contributed by atoms with van der Waals surface area (Å²) in [6, 6.07) is 17.2. The third kappa shape index (κ3) is 4.04.